The Bertz CT molecular complexity index is 442. The summed E-state index contributed by atoms with van der Waals surface area (Å²) in [6.45, 7) is 9.17. The fourth-order valence-electron chi connectivity index (χ4n) is 5.83. The van der Waals surface area contributed by atoms with Gasteiger partial charge in [-0.1, -0.05) is 40.2 Å². The molecule has 0 saturated heterocycles. The van der Waals surface area contributed by atoms with Crippen LogP contribution in [0.4, 0.5) is 0 Å². The van der Waals surface area contributed by atoms with E-state index in [-0.39, 0.29) is 24.5 Å². The number of hydrogen-bond acceptors (Lipinski definition) is 3. The fraction of sp³-hybridized carbons (Fsp3) is 0.900. The number of hydrogen-bond donors (Lipinski definition) is 3. The zero-order chi connectivity index (χ0) is 17.3. The van der Waals surface area contributed by atoms with Crippen molar-refractivity contribution < 1.29 is 15.3 Å². The van der Waals surface area contributed by atoms with Crippen LogP contribution in [-0.4, -0.2) is 34.1 Å². The van der Waals surface area contributed by atoms with Gasteiger partial charge in [0.05, 0.1) is 18.8 Å². The third-order valence-corrected chi connectivity index (χ3v) is 7.33. The van der Waals surface area contributed by atoms with Gasteiger partial charge in [-0.25, -0.2) is 0 Å². The minimum absolute atomic E-state index is 0.0311. The number of fused-ring (bicyclic) bond motifs is 1. The van der Waals surface area contributed by atoms with Crippen molar-refractivity contribution in [2.45, 2.75) is 78.2 Å². The lowest BCUT2D eigenvalue weighted by atomic mass is 9.44. The maximum Gasteiger partial charge on any atom is 0.0732 e. The van der Waals surface area contributed by atoms with Gasteiger partial charge in [0.2, 0.25) is 0 Å². The zero-order valence-corrected chi connectivity index (χ0v) is 15.4. The molecule has 4 atom stereocenters. The Balaban J connectivity index is 2.27. The summed E-state index contributed by atoms with van der Waals surface area (Å²) in [7, 11) is 0. The average Bonchev–Trinajstić information content (AvgIpc) is 2.48. The van der Waals surface area contributed by atoms with Crippen molar-refractivity contribution in [2.24, 2.45) is 22.7 Å². The molecule has 0 radical (unpaired) electrons. The normalized spacial score (nSPS) is 40.7. The van der Waals surface area contributed by atoms with Crippen LogP contribution in [-0.2, 0) is 0 Å². The molecule has 3 heteroatoms. The molecule has 0 aliphatic heterocycles. The van der Waals surface area contributed by atoms with E-state index in [1.807, 2.05) is 0 Å². The number of aliphatic hydroxyl groups excluding tert-OH is 2. The first kappa shape index (κ1) is 19.0. The highest BCUT2D eigenvalue weighted by Crippen LogP contribution is 2.63. The topological polar surface area (TPSA) is 60.7 Å². The molecule has 0 spiro atoms. The maximum atomic E-state index is 11.8. The Morgan fingerprint density at radius 3 is 2.43 bits per heavy atom. The van der Waals surface area contributed by atoms with Crippen molar-refractivity contribution in [2.75, 3.05) is 13.2 Å². The fourth-order valence-corrected chi connectivity index (χ4v) is 5.83. The predicted octanol–water partition coefficient (Wildman–Crippen LogP) is 3.67. The molecular weight excluding hydrogens is 288 g/mol. The third-order valence-electron chi connectivity index (χ3n) is 7.33. The lowest BCUT2D eigenvalue weighted by Crippen LogP contribution is -2.62. The van der Waals surface area contributed by atoms with Crippen LogP contribution in [0.15, 0.2) is 11.6 Å². The van der Waals surface area contributed by atoms with Crippen molar-refractivity contribution in [3.63, 3.8) is 0 Å². The highest BCUT2D eigenvalue weighted by molar-refractivity contribution is 5.13. The lowest BCUT2D eigenvalue weighted by molar-refractivity contribution is -0.211. The van der Waals surface area contributed by atoms with Crippen LogP contribution >= 0.6 is 0 Å². The molecule has 134 valence electrons. The Morgan fingerprint density at radius 1 is 1.13 bits per heavy atom. The summed E-state index contributed by atoms with van der Waals surface area (Å²) in [6, 6.07) is 0. The molecule has 2 rings (SSSR count). The second-order valence-corrected chi connectivity index (χ2v) is 8.92. The van der Waals surface area contributed by atoms with E-state index in [4.69, 9.17) is 5.11 Å². The highest BCUT2D eigenvalue weighted by Gasteiger charge is 2.60. The van der Waals surface area contributed by atoms with E-state index >= 15 is 0 Å². The highest BCUT2D eigenvalue weighted by atomic mass is 16.3. The van der Waals surface area contributed by atoms with Gasteiger partial charge in [0.25, 0.3) is 0 Å². The second kappa shape index (κ2) is 6.85. The predicted molar refractivity (Wildman–Crippen MR) is 94.1 cm³/mol. The Hall–Kier alpha value is -0.380. The second-order valence-electron chi connectivity index (χ2n) is 8.92. The minimum Gasteiger partial charge on any atom is -0.392 e. The van der Waals surface area contributed by atoms with Crippen molar-refractivity contribution in [3.8, 4) is 0 Å². The van der Waals surface area contributed by atoms with Gasteiger partial charge >= 0.3 is 0 Å². The SMILES string of the molecule is C[C@@H]1CCC2C(C)(C)CCC[C@@]2(C)[C@@]1(O)CCC(=CCO)CO. The summed E-state index contributed by atoms with van der Waals surface area (Å²) in [5, 5.41) is 30.3. The summed E-state index contributed by atoms with van der Waals surface area (Å²) in [4.78, 5) is 0. The molecule has 2 fully saturated rings. The Labute approximate surface area is 141 Å². The van der Waals surface area contributed by atoms with E-state index in [0.717, 1.165) is 18.4 Å². The van der Waals surface area contributed by atoms with Gasteiger partial charge in [0.15, 0.2) is 0 Å². The van der Waals surface area contributed by atoms with E-state index in [9.17, 15) is 10.2 Å². The Kier molecular flexibility index (Phi) is 5.65. The monoisotopic (exact) mass is 324 g/mol. The summed E-state index contributed by atoms with van der Waals surface area (Å²) < 4.78 is 0. The van der Waals surface area contributed by atoms with Gasteiger partial charge in [0, 0.05) is 0 Å². The number of rotatable bonds is 5. The molecule has 1 unspecified atom stereocenters. The standard InChI is InChI=1S/C20H36O3/c1-15-6-7-17-18(2,3)10-5-11-19(17,4)20(15,23)12-8-16(14-22)9-13-21/h9,15,17,21-23H,5-8,10-14H2,1-4H3/t15-,17?,19-,20-/m1/s1. The van der Waals surface area contributed by atoms with Crippen LogP contribution in [0.3, 0.4) is 0 Å². The summed E-state index contributed by atoms with van der Waals surface area (Å²) in [6.07, 6.45) is 8.87. The van der Waals surface area contributed by atoms with Gasteiger partial charge in [0.1, 0.15) is 0 Å². The average molecular weight is 325 g/mol. The van der Waals surface area contributed by atoms with E-state index < -0.39 is 5.60 Å². The van der Waals surface area contributed by atoms with Gasteiger partial charge in [-0.3, -0.25) is 0 Å². The van der Waals surface area contributed by atoms with E-state index in [2.05, 4.69) is 27.7 Å². The first-order valence-corrected chi connectivity index (χ1v) is 9.33. The first-order chi connectivity index (χ1) is 10.7. The molecule has 3 nitrogen and oxygen atoms in total. The molecule has 23 heavy (non-hydrogen) atoms. The molecule has 0 aromatic rings. The van der Waals surface area contributed by atoms with E-state index in [1.54, 1.807) is 6.08 Å². The molecule has 2 aliphatic rings. The molecule has 2 saturated carbocycles. The molecule has 3 N–H and O–H groups in total. The third kappa shape index (κ3) is 3.25. The minimum atomic E-state index is -0.683. The summed E-state index contributed by atoms with van der Waals surface area (Å²) in [5.74, 6) is 0.844. The zero-order valence-electron chi connectivity index (χ0n) is 15.4. The van der Waals surface area contributed by atoms with Gasteiger partial charge in [-0.15, -0.1) is 0 Å². The summed E-state index contributed by atoms with van der Waals surface area (Å²) in [5.41, 5.74) is 0.402. The van der Waals surface area contributed by atoms with Crippen molar-refractivity contribution in [3.05, 3.63) is 11.6 Å². The first-order valence-electron chi connectivity index (χ1n) is 9.33. The molecule has 0 aromatic carbocycles. The smallest absolute Gasteiger partial charge is 0.0732 e. The van der Waals surface area contributed by atoms with Crippen LogP contribution < -0.4 is 0 Å². The van der Waals surface area contributed by atoms with Crippen LogP contribution in [0, 0.1) is 22.7 Å². The van der Waals surface area contributed by atoms with E-state index in [0.29, 0.717) is 24.2 Å². The quantitative estimate of drug-likeness (QED) is 0.676. The molecular formula is C20H36O3. The number of aliphatic hydroxyl groups is 3. The summed E-state index contributed by atoms with van der Waals surface area (Å²) >= 11 is 0. The molecule has 0 aromatic heterocycles. The van der Waals surface area contributed by atoms with Crippen molar-refractivity contribution >= 4 is 0 Å². The van der Waals surface area contributed by atoms with Crippen molar-refractivity contribution in [1.29, 1.82) is 0 Å². The lowest BCUT2D eigenvalue weighted by Gasteiger charge is -2.63. The van der Waals surface area contributed by atoms with Gasteiger partial charge < -0.3 is 15.3 Å². The van der Waals surface area contributed by atoms with Gasteiger partial charge in [-0.05, 0) is 66.8 Å². The Morgan fingerprint density at radius 2 is 1.83 bits per heavy atom. The van der Waals surface area contributed by atoms with Crippen LogP contribution in [0.2, 0.25) is 0 Å². The largest absolute Gasteiger partial charge is 0.392 e. The van der Waals surface area contributed by atoms with Gasteiger partial charge in [-0.2, -0.15) is 0 Å². The molecule has 2 aliphatic carbocycles. The van der Waals surface area contributed by atoms with Crippen LogP contribution in [0.5, 0.6) is 0 Å². The van der Waals surface area contributed by atoms with E-state index in [1.165, 1.54) is 19.3 Å². The van der Waals surface area contributed by atoms with Crippen molar-refractivity contribution in [1.82, 2.24) is 0 Å². The molecule has 0 bridgehead atoms. The maximum absolute atomic E-state index is 11.8. The van der Waals surface area contributed by atoms with Crippen LogP contribution in [0.1, 0.15) is 72.6 Å². The molecule has 0 amide bonds. The molecule has 0 heterocycles. The van der Waals surface area contributed by atoms with Crippen LogP contribution in [0.25, 0.3) is 0 Å².